The zero-order chi connectivity index (χ0) is 13.4. The maximum Gasteiger partial charge on any atom is 0.225 e. The molecule has 0 aromatic heterocycles. The molecule has 0 heterocycles. The normalized spacial score (nSPS) is 14.8. The van der Waals surface area contributed by atoms with Crippen LogP contribution in [-0.4, -0.2) is 36.6 Å². The molecule has 1 unspecified atom stereocenters. The molecule has 102 valence electrons. The summed E-state index contributed by atoms with van der Waals surface area (Å²) in [5, 5.41) is 0. The van der Waals surface area contributed by atoms with Crippen molar-refractivity contribution >= 4 is 5.91 Å². The molecule has 3 nitrogen and oxygen atoms in total. The van der Waals surface area contributed by atoms with Gasteiger partial charge in [0, 0.05) is 25.6 Å². The molecule has 0 saturated carbocycles. The van der Waals surface area contributed by atoms with Crippen LogP contribution in [0.15, 0.2) is 0 Å². The second-order valence-electron chi connectivity index (χ2n) is 5.18. The van der Waals surface area contributed by atoms with Crippen molar-refractivity contribution in [3.05, 3.63) is 0 Å². The molecule has 0 aliphatic carbocycles. The van der Waals surface area contributed by atoms with Crippen LogP contribution in [0.5, 0.6) is 0 Å². The molecule has 0 radical (unpaired) electrons. The van der Waals surface area contributed by atoms with E-state index < -0.39 is 0 Å². The molecule has 1 amide bonds. The Morgan fingerprint density at radius 2 is 1.71 bits per heavy atom. The molecule has 0 aromatic carbocycles. The number of ether oxygens (including phenoxy) is 1. The molecule has 17 heavy (non-hydrogen) atoms. The number of carbonyl (C=O) groups is 1. The van der Waals surface area contributed by atoms with Crippen molar-refractivity contribution in [3.8, 4) is 0 Å². The minimum Gasteiger partial charge on any atom is -0.377 e. The topological polar surface area (TPSA) is 29.5 Å². The summed E-state index contributed by atoms with van der Waals surface area (Å²) in [4.78, 5) is 14.1. The molecule has 0 aliphatic rings. The van der Waals surface area contributed by atoms with E-state index in [9.17, 15) is 4.79 Å². The van der Waals surface area contributed by atoms with Crippen molar-refractivity contribution in [1.82, 2.24) is 4.90 Å². The first kappa shape index (κ1) is 16.4. The van der Waals surface area contributed by atoms with E-state index in [4.69, 9.17) is 4.74 Å². The van der Waals surface area contributed by atoms with E-state index in [0.717, 1.165) is 13.0 Å². The quantitative estimate of drug-likeness (QED) is 0.656. The van der Waals surface area contributed by atoms with Crippen molar-refractivity contribution in [2.75, 3.05) is 19.7 Å². The highest BCUT2D eigenvalue weighted by Crippen LogP contribution is 2.10. The third kappa shape index (κ3) is 6.67. The van der Waals surface area contributed by atoms with E-state index in [2.05, 4.69) is 13.8 Å². The molecule has 0 spiro atoms. The average molecular weight is 243 g/mol. The van der Waals surface area contributed by atoms with Crippen LogP contribution in [0.4, 0.5) is 0 Å². The Morgan fingerprint density at radius 3 is 2.12 bits per heavy atom. The average Bonchev–Trinajstić information content (AvgIpc) is 2.27. The lowest BCUT2D eigenvalue weighted by Gasteiger charge is -2.29. The first-order valence-corrected chi connectivity index (χ1v) is 6.82. The summed E-state index contributed by atoms with van der Waals surface area (Å²) >= 11 is 0. The smallest absolute Gasteiger partial charge is 0.225 e. The lowest BCUT2D eigenvalue weighted by atomic mass is 10.1. The van der Waals surface area contributed by atoms with Gasteiger partial charge in [0.25, 0.3) is 0 Å². The highest BCUT2D eigenvalue weighted by molar-refractivity contribution is 5.78. The summed E-state index contributed by atoms with van der Waals surface area (Å²) in [6, 6.07) is 0. The van der Waals surface area contributed by atoms with Crippen molar-refractivity contribution in [1.29, 1.82) is 0 Å². The van der Waals surface area contributed by atoms with Crippen LogP contribution < -0.4 is 0 Å². The molecule has 0 aliphatic heterocycles. The highest BCUT2D eigenvalue weighted by Gasteiger charge is 2.20. The van der Waals surface area contributed by atoms with Crippen LogP contribution in [0.1, 0.15) is 48.0 Å². The predicted octanol–water partition coefficient (Wildman–Crippen LogP) is 2.94. The molecule has 0 N–H and O–H groups in total. The number of hydrogen-bond acceptors (Lipinski definition) is 2. The minimum atomic E-state index is 0.0629. The Hall–Kier alpha value is -0.570. The van der Waals surface area contributed by atoms with E-state index in [1.165, 1.54) is 0 Å². The molecular formula is C14H29NO2. The van der Waals surface area contributed by atoms with Crippen molar-refractivity contribution in [3.63, 3.8) is 0 Å². The van der Waals surface area contributed by atoms with Crippen molar-refractivity contribution in [2.45, 2.75) is 54.1 Å². The van der Waals surface area contributed by atoms with E-state index in [-0.39, 0.29) is 17.9 Å². The van der Waals surface area contributed by atoms with Gasteiger partial charge in [0.1, 0.15) is 0 Å². The summed E-state index contributed by atoms with van der Waals surface area (Å²) in [5.74, 6) is 0.844. The van der Waals surface area contributed by atoms with Gasteiger partial charge < -0.3 is 9.64 Å². The van der Waals surface area contributed by atoms with Gasteiger partial charge in [-0.05, 0) is 19.8 Å². The van der Waals surface area contributed by atoms with Gasteiger partial charge in [-0.25, -0.2) is 0 Å². The van der Waals surface area contributed by atoms with E-state index >= 15 is 0 Å². The molecule has 2 atom stereocenters. The summed E-state index contributed by atoms with van der Waals surface area (Å²) in [6.45, 7) is 14.5. The lowest BCUT2D eigenvalue weighted by molar-refractivity contribution is -0.137. The van der Waals surface area contributed by atoms with Gasteiger partial charge in [-0.3, -0.25) is 4.79 Å². The second-order valence-corrected chi connectivity index (χ2v) is 5.18. The van der Waals surface area contributed by atoms with Crippen molar-refractivity contribution < 1.29 is 9.53 Å². The van der Waals surface area contributed by atoms with Gasteiger partial charge in [-0.2, -0.15) is 0 Å². The monoisotopic (exact) mass is 243 g/mol. The van der Waals surface area contributed by atoms with Gasteiger partial charge >= 0.3 is 0 Å². The molecule has 0 fully saturated rings. The number of hydrogen-bond donors (Lipinski definition) is 0. The Balaban J connectivity index is 4.44. The molecule has 3 heteroatoms. The molecule has 0 bridgehead atoms. The summed E-state index contributed by atoms with van der Waals surface area (Å²) in [6.07, 6.45) is 1.22. The standard InChI is InChI=1S/C14H29NO2/c1-7-12(5)9-15(14(16)11(3)4)10-13(6)17-8-2/h11-13H,7-10H2,1-6H3/t12?,13-/m0/s1. The maximum atomic E-state index is 12.1. The van der Waals surface area contributed by atoms with Crippen LogP contribution in [0, 0.1) is 11.8 Å². The Labute approximate surface area is 107 Å². The lowest BCUT2D eigenvalue weighted by Crippen LogP contribution is -2.42. The number of amides is 1. The van der Waals surface area contributed by atoms with Crippen LogP contribution in [-0.2, 0) is 9.53 Å². The summed E-state index contributed by atoms with van der Waals surface area (Å²) < 4.78 is 5.52. The SMILES string of the molecule is CCO[C@@H](C)CN(CC(C)CC)C(=O)C(C)C. The zero-order valence-corrected chi connectivity index (χ0v) is 12.3. The summed E-state index contributed by atoms with van der Waals surface area (Å²) in [7, 11) is 0. The Kier molecular flexibility index (Phi) is 8.23. The van der Waals surface area contributed by atoms with Crippen molar-refractivity contribution in [2.24, 2.45) is 11.8 Å². The molecule has 0 saturated heterocycles. The Morgan fingerprint density at radius 1 is 1.12 bits per heavy atom. The fraction of sp³-hybridized carbons (Fsp3) is 0.929. The van der Waals surface area contributed by atoms with E-state index in [0.29, 0.717) is 19.1 Å². The van der Waals surface area contributed by atoms with Crippen LogP contribution >= 0.6 is 0 Å². The van der Waals surface area contributed by atoms with Gasteiger partial charge in [0.2, 0.25) is 5.91 Å². The molecule has 0 aromatic rings. The van der Waals surface area contributed by atoms with Gasteiger partial charge in [0.15, 0.2) is 0 Å². The first-order valence-electron chi connectivity index (χ1n) is 6.82. The third-order valence-corrected chi connectivity index (χ3v) is 2.96. The van der Waals surface area contributed by atoms with Crippen LogP contribution in [0.3, 0.4) is 0 Å². The zero-order valence-electron chi connectivity index (χ0n) is 12.3. The number of nitrogens with zero attached hydrogens (tertiary/aromatic N) is 1. The van der Waals surface area contributed by atoms with Gasteiger partial charge in [-0.15, -0.1) is 0 Å². The summed E-state index contributed by atoms with van der Waals surface area (Å²) in [5.41, 5.74) is 0. The highest BCUT2D eigenvalue weighted by atomic mass is 16.5. The van der Waals surface area contributed by atoms with Crippen LogP contribution in [0.25, 0.3) is 0 Å². The largest absolute Gasteiger partial charge is 0.377 e. The van der Waals surface area contributed by atoms with E-state index in [1.807, 2.05) is 32.6 Å². The van der Waals surface area contributed by atoms with Gasteiger partial charge in [-0.1, -0.05) is 34.1 Å². The van der Waals surface area contributed by atoms with Crippen LogP contribution in [0.2, 0.25) is 0 Å². The minimum absolute atomic E-state index is 0.0629. The number of carbonyl (C=O) groups excluding carboxylic acids is 1. The second kappa shape index (κ2) is 8.51. The Bertz CT molecular complexity index is 216. The molecule has 0 rings (SSSR count). The predicted molar refractivity (Wildman–Crippen MR) is 72.0 cm³/mol. The van der Waals surface area contributed by atoms with E-state index in [1.54, 1.807) is 0 Å². The van der Waals surface area contributed by atoms with Gasteiger partial charge in [0.05, 0.1) is 6.10 Å². The third-order valence-electron chi connectivity index (χ3n) is 2.96. The molecular weight excluding hydrogens is 214 g/mol. The number of rotatable bonds is 8. The maximum absolute atomic E-state index is 12.1. The fourth-order valence-electron chi connectivity index (χ4n) is 1.77. The fourth-order valence-corrected chi connectivity index (χ4v) is 1.77. The first-order chi connectivity index (χ1) is 7.92.